The molecule has 1 aliphatic rings. The van der Waals surface area contributed by atoms with Crippen LogP contribution in [-0.4, -0.2) is 51.5 Å². The molecule has 29 heavy (non-hydrogen) atoms. The van der Waals surface area contributed by atoms with Crippen LogP contribution in [-0.2, 0) is 14.8 Å². The Balaban J connectivity index is 1.96. The van der Waals surface area contributed by atoms with Gasteiger partial charge in [-0.25, -0.2) is 8.42 Å². The lowest BCUT2D eigenvalue weighted by molar-refractivity contribution is 0.0730. The van der Waals surface area contributed by atoms with Crippen molar-refractivity contribution in [3.8, 4) is 0 Å². The molecule has 0 aliphatic carbocycles. The second-order valence-electron chi connectivity index (χ2n) is 6.80. The smallest absolute Gasteiger partial charge is 0.259 e. The van der Waals surface area contributed by atoms with Crippen molar-refractivity contribution in [1.82, 2.24) is 4.31 Å². The van der Waals surface area contributed by atoms with Gasteiger partial charge in [0.25, 0.3) is 5.91 Å². The Morgan fingerprint density at radius 1 is 1.14 bits per heavy atom. The molecule has 0 spiro atoms. The van der Waals surface area contributed by atoms with Gasteiger partial charge in [0.15, 0.2) is 0 Å². The molecule has 0 atom stereocenters. The quantitative estimate of drug-likeness (QED) is 0.602. The molecule has 0 aromatic heterocycles. The zero-order valence-electron chi connectivity index (χ0n) is 16.4. The van der Waals surface area contributed by atoms with Crippen LogP contribution in [0.1, 0.15) is 30.1 Å². The molecular weight excluding hydrogens is 456 g/mol. The topological polar surface area (TPSA) is 66.9 Å². The van der Waals surface area contributed by atoms with Gasteiger partial charge in [-0.05, 0) is 52.7 Å². The van der Waals surface area contributed by atoms with Crippen LogP contribution < -0.4 is 4.90 Å². The molecule has 156 valence electrons. The molecule has 1 aliphatic heterocycles. The Morgan fingerprint density at radius 2 is 1.83 bits per heavy atom. The van der Waals surface area contributed by atoms with Crippen LogP contribution in [0.5, 0.6) is 0 Å². The molecule has 1 amide bonds. The standard InChI is InChI=1S/C21H25BrN2O4S/c1-2-3-11-24(17-7-5-4-6-8-17)21(25)19-16-18(9-10-20(19)22)29(26,27)23-12-14-28-15-13-23/h4-10,16H,2-3,11-15H2,1H3. The largest absolute Gasteiger partial charge is 0.379 e. The molecule has 3 rings (SSSR count). The summed E-state index contributed by atoms with van der Waals surface area (Å²) in [5.41, 5.74) is 1.12. The number of hydrogen-bond acceptors (Lipinski definition) is 4. The van der Waals surface area contributed by atoms with E-state index in [-0.39, 0.29) is 10.8 Å². The highest BCUT2D eigenvalue weighted by atomic mass is 79.9. The number of halogens is 1. The fourth-order valence-electron chi connectivity index (χ4n) is 3.18. The van der Waals surface area contributed by atoms with Crippen molar-refractivity contribution >= 4 is 37.5 Å². The van der Waals surface area contributed by atoms with Crippen LogP contribution in [0.25, 0.3) is 0 Å². The van der Waals surface area contributed by atoms with Gasteiger partial charge in [-0.3, -0.25) is 4.79 Å². The van der Waals surface area contributed by atoms with Crippen molar-refractivity contribution in [2.45, 2.75) is 24.7 Å². The lowest BCUT2D eigenvalue weighted by atomic mass is 10.1. The maximum atomic E-state index is 13.4. The van der Waals surface area contributed by atoms with Crippen molar-refractivity contribution in [3.63, 3.8) is 0 Å². The second kappa shape index (κ2) is 9.84. The zero-order valence-corrected chi connectivity index (χ0v) is 18.8. The van der Waals surface area contributed by atoms with Gasteiger partial charge in [-0.2, -0.15) is 4.31 Å². The summed E-state index contributed by atoms with van der Waals surface area (Å²) in [7, 11) is -3.68. The molecule has 8 heteroatoms. The average Bonchev–Trinajstić information content (AvgIpc) is 2.75. The molecule has 0 bridgehead atoms. The lowest BCUT2D eigenvalue weighted by Gasteiger charge is -2.27. The van der Waals surface area contributed by atoms with Gasteiger partial charge < -0.3 is 9.64 Å². The van der Waals surface area contributed by atoms with Crippen molar-refractivity contribution in [1.29, 1.82) is 0 Å². The van der Waals surface area contributed by atoms with Gasteiger partial charge in [0.2, 0.25) is 10.0 Å². The summed E-state index contributed by atoms with van der Waals surface area (Å²) in [6.07, 6.45) is 1.80. The monoisotopic (exact) mass is 480 g/mol. The summed E-state index contributed by atoms with van der Waals surface area (Å²) in [6, 6.07) is 14.1. The predicted molar refractivity (Wildman–Crippen MR) is 117 cm³/mol. The Kier molecular flexibility index (Phi) is 7.45. The van der Waals surface area contributed by atoms with Crippen molar-refractivity contribution in [2.24, 2.45) is 0 Å². The number of sulfonamides is 1. The summed E-state index contributed by atoms with van der Waals surface area (Å²) in [5, 5.41) is 0. The third-order valence-corrected chi connectivity index (χ3v) is 7.41. The third-order valence-electron chi connectivity index (χ3n) is 4.82. The Bertz CT molecular complexity index is 944. The minimum absolute atomic E-state index is 0.120. The number of nitrogens with zero attached hydrogens (tertiary/aromatic N) is 2. The minimum atomic E-state index is -3.68. The van der Waals surface area contributed by atoms with Gasteiger partial charge in [0.05, 0.1) is 23.7 Å². The molecule has 1 fully saturated rings. The van der Waals surface area contributed by atoms with E-state index in [1.807, 2.05) is 30.3 Å². The van der Waals surface area contributed by atoms with Crippen LogP contribution in [0.3, 0.4) is 0 Å². The number of morpholine rings is 1. The van der Waals surface area contributed by atoms with Gasteiger partial charge in [-0.1, -0.05) is 31.5 Å². The highest BCUT2D eigenvalue weighted by molar-refractivity contribution is 9.10. The van der Waals surface area contributed by atoms with Gasteiger partial charge in [0, 0.05) is 29.8 Å². The molecule has 2 aromatic carbocycles. The van der Waals surface area contributed by atoms with Crippen molar-refractivity contribution in [2.75, 3.05) is 37.7 Å². The van der Waals surface area contributed by atoms with Crippen molar-refractivity contribution < 1.29 is 17.9 Å². The number of carbonyl (C=O) groups is 1. The van der Waals surface area contributed by atoms with E-state index in [4.69, 9.17) is 4.74 Å². The Labute approximate surface area is 180 Å². The second-order valence-corrected chi connectivity index (χ2v) is 9.60. The first-order valence-corrected chi connectivity index (χ1v) is 11.9. The van der Waals surface area contributed by atoms with Crippen LogP contribution in [0.15, 0.2) is 57.9 Å². The van der Waals surface area contributed by atoms with E-state index < -0.39 is 10.0 Å². The van der Waals surface area contributed by atoms with Crippen LogP contribution in [0.4, 0.5) is 5.69 Å². The molecular formula is C21H25BrN2O4S. The first kappa shape index (κ1) is 22.0. The summed E-state index contributed by atoms with van der Waals surface area (Å²) in [5.74, 6) is -0.226. The van der Waals surface area contributed by atoms with Crippen LogP contribution >= 0.6 is 15.9 Å². The Hall–Kier alpha value is -1.74. The van der Waals surface area contributed by atoms with Gasteiger partial charge in [-0.15, -0.1) is 0 Å². The first-order valence-electron chi connectivity index (χ1n) is 9.69. The van der Waals surface area contributed by atoms with E-state index in [9.17, 15) is 13.2 Å². The number of ether oxygens (including phenoxy) is 1. The highest BCUT2D eigenvalue weighted by Gasteiger charge is 2.28. The van der Waals surface area contributed by atoms with E-state index in [1.165, 1.54) is 16.4 Å². The molecule has 1 heterocycles. The summed E-state index contributed by atoms with van der Waals surface area (Å²) in [4.78, 5) is 15.2. The molecule has 0 radical (unpaired) electrons. The first-order chi connectivity index (χ1) is 13.9. The normalized spacial score (nSPS) is 15.2. The number of carbonyl (C=O) groups excluding carboxylic acids is 1. The van der Waals surface area contributed by atoms with Crippen LogP contribution in [0.2, 0.25) is 0 Å². The fourth-order valence-corrected chi connectivity index (χ4v) is 5.03. The number of benzene rings is 2. The Morgan fingerprint density at radius 3 is 2.48 bits per heavy atom. The lowest BCUT2D eigenvalue weighted by Crippen LogP contribution is -2.40. The SMILES string of the molecule is CCCCN(C(=O)c1cc(S(=O)(=O)N2CCOCC2)ccc1Br)c1ccccc1. The fraction of sp³-hybridized carbons (Fsp3) is 0.381. The number of rotatable bonds is 7. The van der Waals surface area contributed by atoms with E-state index in [0.29, 0.717) is 42.9 Å². The number of hydrogen-bond donors (Lipinski definition) is 0. The number of anilines is 1. The van der Waals surface area contributed by atoms with E-state index in [2.05, 4.69) is 22.9 Å². The molecule has 2 aromatic rings. The third kappa shape index (κ3) is 5.06. The molecule has 0 unspecified atom stereocenters. The van der Waals surface area contributed by atoms with Crippen LogP contribution in [0, 0.1) is 0 Å². The molecule has 6 nitrogen and oxygen atoms in total. The number of unbranched alkanes of at least 4 members (excludes halogenated alkanes) is 1. The maximum Gasteiger partial charge on any atom is 0.259 e. The summed E-state index contributed by atoms with van der Waals surface area (Å²) >= 11 is 3.43. The molecule has 0 N–H and O–H groups in total. The zero-order chi connectivity index (χ0) is 20.9. The summed E-state index contributed by atoms with van der Waals surface area (Å²) in [6.45, 7) is 4.01. The van der Waals surface area contributed by atoms with E-state index in [0.717, 1.165) is 18.5 Å². The maximum absolute atomic E-state index is 13.4. The van der Waals surface area contributed by atoms with Gasteiger partial charge >= 0.3 is 0 Å². The average molecular weight is 481 g/mol. The highest BCUT2D eigenvalue weighted by Crippen LogP contribution is 2.27. The summed E-state index contributed by atoms with van der Waals surface area (Å²) < 4.78 is 33.3. The number of amides is 1. The van der Waals surface area contributed by atoms with Gasteiger partial charge in [0.1, 0.15) is 0 Å². The molecule has 1 saturated heterocycles. The molecule has 0 saturated carbocycles. The van der Waals surface area contributed by atoms with Crippen molar-refractivity contribution in [3.05, 3.63) is 58.6 Å². The number of para-hydroxylation sites is 1. The van der Waals surface area contributed by atoms with E-state index >= 15 is 0 Å². The predicted octanol–water partition coefficient (Wildman–Crippen LogP) is 3.92. The minimum Gasteiger partial charge on any atom is -0.379 e. The van der Waals surface area contributed by atoms with E-state index in [1.54, 1.807) is 11.0 Å².